The fourth-order valence-corrected chi connectivity index (χ4v) is 6.10. The van der Waals surface area contributed by atoms with Crippen LogP contribution in [0.3, 0.4) is 0 Å². The first kappa shape index (κ1) is 43.4. The predicted molar refractivity (Wildman–Crippen MR) is 190 cm³/mol. The Bertz CT molecular complexity index is 668. The Morgan fingerprint density at radius 1 is 0.489 bits per heavy atom. The topological polar surface area (TPSA) is 92.7 Å². The maximum Gasteiger partial charge on any atom is 0.322 e. The van der Waals surface area contributed by atoms with E-state index in [2.05, 4.69) is 19.2 Å². The first-order valence-electron chi connectivity index (χ1n) is 19.7. The van der Waals surface area contributed by atoms with Crippen molar-refractivity contribution in [3.05, 3.63) is 0 Å². The smallest absolute Gasteiger partial charge is 0.322 e. The lowest BCUT2D eigenvalue weighted by Crippen LogP contribution is -2.28. The molecule has 0 aromatic heterocycles. The zero-order valence-corrected chi connectivity index (χ0v) is 30.0. The van der Waals surface area contributed by atoms with E-state index in [1.165, 1.54) is 141 Å². The van der Waals surface area contributed by atoms with Crippen molar-refractivity contribution in [2.75, 3.05) is 6.54 Å². The van der Waals surface area contributed by atoms with Gasteiger partial charge in [-0.1, -0.05) is 168 Å². The molecule has 0 spiro atoms. The van der Waals surface area contributed by atoms with Crippen LogP contribution in [0.1, 0.15) is 219 Å². The maximum atomic E-state index is 12.5. The van der Waals surface area contributed by atoms with Gasteiger partial charge in [-0.05, 0) is 38.5 Å². The number of carboxylic acid groups (broad SMARTS) is 1. The zero-order chi connectivity index (χ0) is 33.1. The maximum absolute atomic E-state index is 12.5. The summed E-state index contributed by atoms with van der Waals surface area (Å²) in [7, 11) is 0. The summed E-state index contributed by atoms with van der Waals surface area (Å²) in [4.78, 5) is 34.7. The van der Waals surface area contributed by atoms with Crippen molar-refractivity contribution in [1.29, 1.82) is 0 Å². The highest BCUT2D eigenvalue weighted by Gasteiger charge is 2.14. The van der Waals surface area contributed by atoms with Crippen LogP contribution in [0.25, 0.3) is 0 Å². The third-order valence-electron chi connectivity index (χ3n) is 9.03. The van der Waals surface area contributed by atoms with Gasteiger partial charge < -0.3 is 15.2 Å². The lowest BCUT2D eigenvalue weighted by molar-refractivity contribution is -0.150. The van der Waals surface area contributed by atoms with Gasteiger partial charge in [0, 0.05) is 12.8 Å². The molecule has 0 aliphatic heterocycles. The van der Waals surface area contributed by atoms with Gasteiger partial charge in [-0.2, -0.15) is 0 Å². The summed E-state index contributed by atoms with van der Waals surface area (Å²) in [5, 5.41) is 11.0. The van der Waals surface area contributed by atoms with Crippen LogP contribution in [0.5, 0.6) is 0 Å². The molecule has 6 heteroatoms. The molecule has 0 fully saturated rings. The molecular formula is C39H75NO5. The van der Waals surface area contributed by atoms with Crippen molar-refractivity contribution in [2.45, 2.75) is 225 Å². The molecule has 0 aliphatic rings. The van der Waals surface area contributed by atoms with E-state index in [4.69, 9.17) is 9.84 Å². The zero-order valence-electron chi connectivity index (χ0n) is 30.0. The average Bonchev–Trinajstić information content (AvgIpc) is 3.02. The molecule has 0 saturated carbocycles. The van der Waals surface area contributed by atoms with Crippen molar-refractivity contribution in [3.8, 4) is 0 Å². The third-order valence-corrected chi connectivity index (χ3v) is 9.03. The highest BCUT2D eigenvalue weighted by molar-refractivity contribution is 5.80. The summed E-state index contributed by atoms with van der Waals surface area (Å²) in [6.07, 6.45) is 38.3. The molecule has 0 aliphatic carbocycles. The van der Waals surface area contributed by atoms with Gasteiger partial charge in [-0.15, -0.1) is 0 Å². The van der Waals surface area contributed by atoms with Gasteiger partial charge in [0.2, 0.25) is 5.91 Å². The molecule has 6 nitrogen and oxygen atoms in total. The quantitative estimate of drug-likeness (QED) is 0.0526. The molecular weight excluding hydrogens is 562 g/mol. The fraction of sp³-hybridized carbons (Fsp3) is 0.923. The molecule has 0 heterocycles. The van der Waals surface area contributed by atoms with Crippen molar-refractivity contribution in [3.63, 3.8) is 0 Å². The lowest BCUT2D eigenvalue weighted by atomic mass is 10.0. The van der Waals surface area contributed by atoms with Crippen LogP contribution in [0.2, 0.25) is 0 Å². The second kappa shape index (κ2) is 35.3. The second-order valence-corrected chi connectivity index (χ2v) is 13.6. The van der Waals surface area contributed by atoms with Crippen LogP contribution >= 0.6 is 0 Å². The van der Waals surface area contributed by atoms with E-state index in [0.717, 1.165) is 51.4 Å². The molecule has 266 valence electrons. The molecule has 1 unspecified atom stereocenters. The monoisotopic (exact) mass is 638 g/mol. The molecule has 0 bridgehead atoms. The van der Waals surface area contributed by atoms with Crippen LogP contribution in [0.15, 0.2) is 0 Å². The van der Waals surface area contributed by atoms with Gasteiger partial charge in [0.25, 0.3) is 0 Å². The molecule has 0 rings (SSSR count). The highest BCUT2D eigenvalue weighted by atomic mass is 16.5. The highest BCUT2D eigenvalue weighted by Crippen LogP contribution is 2.18. The van der Waals surface area contributed by atoms with Gasteiger partial charge in [0.05, 0.1) is 0 Å². The molecule has 2 N–H and O–H groups in total. The Balaban J connectivity index is 3.70. The van der Waals surface area contributed by atoms with E-state index in [1.807, 2.05) is 0 Å². The number of carbonyl (C=O) groups excluding carboxylic acids is 2. The SMILES string of the molecule is CCCCCCCCCCCCCCCCCCCCCCCC(=O)OC(CCCCCC)CCCCCC(=O)NCC(=O)O. The molecule has 45 heavy (non-hydrogen) atoms. The molecule has 0 aromatic rings. The number of carbonyl (C=O) groups is 3. The number of rotatable bonds is 36. The second-order valence-electron chi connectivity index (χ2n) is 13.6. The number of aliphatic carboxylic acids is 1. The van der Waals surface area contributed by atoms with Gasteiger partial charge >= 0.3 is 11.9 Å². The van der Waals surface area contributed by atoms with Crippen LogP contribution in [0.4, 0.5) is 0 Å². The average molecular weight is 638 g/mol. The molecule has 0 radical (unpaired) electrons. The summed E-state index contributed by atoms with van der Waals surface area (Å²) in [5.74, 6) is -1.30. The molecule has 0 saturated heterocycles. The van der Waals surface area contributed by atoms with E-state index >= 15 is 0 Å². The Kier molecular flexibility index (Phi) is 34.0. The first-order valence-corrected chi connectivity index (χ1v) is 19.7. The van der Waals surface area contributed by atoms with Crippen LogP contribution in [-0.2, 0) is 19.1 Å². The number of nitrogens with one attached hydrogen (secondary N) is 1. The number of hydrogen-bond acceptors (Lipinski definition) is 4. The van der Waals surface area contributed by atoms with Crippen LogP contribution in [-0.4, -0.2) is 35.6 Å². The van der Waals surface area contributed by atoms with E-state index < -0.39 is 5.97 Å². The van der Waals surface area contributed by atoms with Crippen molar-refractivity contribution < 1.29 is 24.2 Å². The number of carboxylic acids is 1. The first-order chi connectivity index (χ1) is 22.0. The standard InChI is InChI=1S/C39H75NO5/c1-3-5-7-9-10-11-12-13-14-15-16-17-18-19-20-21-22-23-24-25-30-34-39(44)45-36(31-27-8-6-4-2)32-28-26-29-33-37(41)40-35-38(42)43/h36H,3-35H2,1-2H3,(H,40,41)(H,42,43). The number of esters is 1. The van der Waals surface area contributed by atoms with E-state index in [9.17, 15) is 14.4 Å². The minimum atomic E-state index is -1.03. The number of amides is 1. The van der Waals surface area contributed by atoms with E-state index in [-0.39, 0.29) is 24.5 Å². The summed E-state index contributed by atoms with van der Waals surface area (Å²) in [6, 6.07) is 0. The Hall–Kier alpha value is -1.59. The summed E-state index contributed by atoms with van der Waals surface area (Å²) >= 11 is 0. The van der Waals surface area contributed by atoms with Gasteiger partial charge in [-0.3, -0.25) is 14.4 Å². The van der Waals surface area contributed by atoms with Crippen molar-refractivity contribution in [1.82, 2.24) is 5.32 Å². The van der Waals surface area contributed by atoms with Crippen LogP contribution in [0, 0.1) is 0 Å². The Morgan fingerprint density at radius 3 is 1.22 bits per heavy atom. The lowest BCUT2D eigenvalue weighted by Gasteiger charge is -2.18. The van der Waals surface area contributed by atoms with Gasteiger partial charge in [0.15, 0.2) is 0 Å². The molecule has 1 atom stereocenters. The fourth-order valence-electron chi connectivity index (χ4n) is 6.10. The van der Waals surface area contributed by atoms with Gasteiger partial charge in [-0.25, -0.2) is 0 Å². The Labute approximate surface area is 279 Å². The summed E-state index contributed by atoms with van der Waals surface area (Å²) in [6.45, 7) is 4.16. The van der Waals surface area contributed by atoms with E-state index in [0.29, 0.717) is 12.8 Å². The largest absolute Gasteiger partial charge is 0.480 e. The Morgan fingerprint density at radius 2 is 0.822 bits per heavy atom. The van der Waals surface area contributed by atoms with Gasteiger partial charge in [0.1, 0.15) is 12.6 Å². The summed E-state index contributed by atoms with van der Waals surface area (Å²) < 4.78 is 5.88. The summed E-state index contributed by atoms with van der Waals surface area (Å²) in [5.41, 5.74) is 0. The number of hydrogen-bond donors (Lipinski definition) is 2. The molecule has 1 amide bonds. The van der Waals surface area contributed by atoms with Crippen molar-refractivity contribution in [2.24, 2.45) is 0 Å². The van der Waals surface area contributed by atoms with Crippen molar-refractivity contribution >= 4 is 17.8 Å². The number of unbranched alkanes of at least 4 members (excludes halogenated alkanes) is 25. The minimum Gasteiger partial charge on any atom is -0.480 e. The molecule has 0 aromatic carbocycles. The third kappa shape index (κ3) is 35.1. The minimum absolute atomic E-state index is 0.0231. The number of ether oxygens (including phenoxy) is 1. The normalized spacial score (nSPS) is 11.9. The van der Waals surface area contributed by atoms with Crippen LogP contribution < -0.4 is 5.32 Å². The van der Waals surface area contributed by atoms with E-state index in [1.54, 1.807) is 0 Å². The predicted octanol–water partition coefficient (Wildman–Crippen LogP) is 11.6.